The molecule has 0 aliphatic heterocycles. The van der Waals surface area contributed by atoms with Gasteiger partial charge in [-0.25, -0.2) is 4.98 Å². The SMILES string of the molecule is CSc1nc(-c2cccnc2)c(C)s1. The monoisotopic (exact) mass is 222 g/mol. The van der Waals surface area contributed by atoms with Crippen LogP contribution in [-0.2, 0) is 0 Å². The van der Waals surface area contributed by atoms with Crippen molar-refractivity contribution < 1.29 is 0 Å². The summed E-state index contributed by atoms with van der Waals surface area (Å²) in [5.74, 6) is 0. The van der Waals surface area contributed by atoms with E-state index in [1.165, 1.54) is 4.88 Å². The zero-order valence-corrected chi connectivity index (χ0v) is 9.65. The van der Waals surface area contributed by atoms with Crippen molar-refractivity contribution in [2.45, 2.75) is 11.3 Å². The molecule has 0 radical (unpaired) electrons. The van der Waals surface area contributed by atoms with E-state index in [2.05, 4.69) is 16.9 Å². The Hall–Kier alpha value is -0.870. The second kappa shape index (κ2) is 4.11. The number of thioether (sulfide) groups is 1. The van der Waals surface area contributed by atoms with Crippen LogP contribution in [0.5, 0.6) is 0 Å². The largest absolute Gasteiger partial charge is 0.264 e. The van der Waals surface area contributed by atoms with E-state index in [-0.39, 0.29) is 0 Å². The molecule has 72 valence electrons. The molecule has 2 aromatic rings. The summed E-state index contributed by atoms with van der Waals surface area (Å²) in [6.45, 7) is 2.10. The fraction of sp³-hybridized carbons (Fsp3) is 0.200. The Morgan fingerprint density at radius 2 is 2.29 bits per heavy atom. The average Bonchev–Trinajstić information content (AvgIpc) is 2.61. The highest BCUT2D eigenvalue weighted by Gasteiger charge is 2.08. The third-order valence-corrected chi connectivity index (χ3v) is 3.84. The number of nitrogens with zero attached hydrogens (tertiary/aromatic N) is 2. The number of hydrogen-bond acceptors (Lipinski definition) is 4. The fourth-order valence-corrected chi connectivity index (χ4v) is 2.78. The summed E-state index contributed by atoms with van der Waals surface area (Å²) in [5.41, 5.74) is 2.16. The molecule has 0 aliphatic rings. The standard InChI is InChI=1S/C10H10N2S2/c1-7-9(12-10(13-2)14-7)8-4-3-5-11-6-8/h3-6H,1-2H3. The molecule has 0 atom stereocenters. The lowest BCUT2D eigenvalue weighted by molar-refractivity contribution is 1.23. The van der Waals surface area contributed by atoms with Crippen molar-refractivity contribution in [3.05, 3.63) is 29.4 Å². The number of thiazole rings is 1. The van der Waals surface area contributed by atoms with Crippen molar-refractivity contribution in [2.75, 3.05) is 6.26 Å². The van der Waals surface area contributed by atoms with Gasteiger partial charge < -0.3 is 0 Å². The van der Waals surface area contributed by atoms with Gasteiger partial charge in [-0.2, -0.15) is 0 Å². The van der Waals surface area contributed by atoms with E-state index in [1.807, 2.05) is 24.6 Å². The van der Waals surface area contributed by atoms with Crippen LogP contribution in [0.25, 0.3) is 11.3 Å². The molecule has 0 fully saturated rings. The molecule has 0 amide bonds. The first kappa shape index (κ1) is 9.68. The Morgan fingerprint density at radius 3 is 2.86 bits per heavy atom. The van der Waals surface area contributed by atoms with Crippen LogP contribution in [0, 0.1) is 6.92 Å². The second-order valence-corrected chi connectivity index (χ2v) is 5.09. The molecule has 4 heteroatoms. The van der Waals surface area contributed by atoms with Crippen LogP contribution >= 0.6 is 23.1 Å². The van der Waals surface area contributed by atoms with Crippen molar-refractivity contribution in [2.24, 2.45) is 0 Å². The molecule has 2 rings (SSSR count). The topological polar surface area (TPSA) is 25.8 Å². The Balaban J connectivity index is 2.46. The quantitative estimate of drug-likeness (QED) is 0.730. The van der Waals surface area contributed by atoms with Gasteiger partial charge in [0, 0.05) is 22.8 Å². The maximum Gasteiger partial charge on any atom is 0.150 e. The lowest BCUT2D eigenvalue weighted by Gasteiger charge is -1.95. The maximum absolute atomic E-state index is 4.54. The molecular formula is C10H10N2S2. The Labute approximate surface area is 91.4 Å². The van der Waals surface area contributed by atoms with Gasteiger partial charge in [-0.05, 0) is 25.3 Å². The number of hydrogen-bond donors (Lipinski definition) is 0. The summed E-state index contributed by atoms with van der Waals surface area (Å²) in [7, 11) is 0. The molecule has 0 spiro atoms. The number of aryl methyl sites for hydroxylation is 1. The Morgan fingerprint density at radius 1 is 1.43 bits per heavy atom. The van der Waals surface area contributed by atoms with E-state index >= 15 is 0 Å². The highest BCUT2D eigenvalue weighted by Crippen LogP contribution is 2.30. The van der Waals surface area contributed by atoms with E-state index in [0.29, 0.717) is 0 Å². The normalized spacial score (nSPS) is 10.4. The van der Waals surface area contributed by atoms with Crippen LogP contribution in [0.15, 0.2) is 28.9 Å². The molecule has 0 aromatic carbocycles. The van der Waals surface area contributed by atoms with Crippen molar-refractivity contribution in [1.82, 2.24) is 9.97 Å². The van der Waals surface area contributed by atoms with Crippen LogP contribution in [-0.4, -0.2) is 16.2 Å². The first-order chi connectivity index (χ1) is 6.81. The predicted molar refractivity (Wildman–Crippen MR) is 61.9 cm³/mol. The summed E-state index contributed by atoms with van der Waals surface area (Å²) >= 11 is 3.42. The van der Waals surface area contributed by atoms with E-state index in [4.69, 9.17) is 0 Å². The molecule has 2 nitrogen and oxygen atoms in total. The summed E-state index contributed by atoms with van der Waals surface area (Å²) in [6, 6.07) is 3.98. The molecule has 0 saturated heterocycles. The molecule has 0 unspecified atom stereocenters. The molecule has 14 heavy (non-hydrogen) atoms. The van der Waals surface area contributed by atoms with Gasteiger partial charge in [-0.3, -0.25) is 4.98 Å². The minimum atomic E-state index is 1.06. The first-order valence-electron chi connectivity index (χ1n) is 4.23. The molecule has 0 aliphatic carbocycles. The smallest absolute Gasteiger partial charge is 0.150 e. The minimum Gasteiger partial charge on any atom is -0.264 e. The number of rotatable bonds is 2. The predicted octanol–water partition coefficient (Wildman–Crippen LogP) is 3.24. The van der Waals surface area contributed by atoms with Crippen LogP contribution in [0.2, 0.25) is 0 Å². The van der Waals surface area contributed by atoms with Crippen LogP contribution in [0.1, 0.15) is 4.88 Å². The molecule has 0 N–H and O–H groups in total. The molecule has 2 aromatic heterocycles. The van der Waals surface area contributed by atoms with Gasteiger partial charge in [-0.15, -0.1) is 11.3 Å². The number of aromatic nitrogens is 2. The molecular weight excluding hydrogens is 212 g/mol. The zero-order valence-electron chi connectivity index (χ0n) is 8.02. The van der Waals surface area contributed by atoms with Gasteiger partial charge in [0.25, 0.3) is 0 Å². The summed E-state index contributed by atoms with van der Waals surface area (Å²) in [4.78, 5) is 9.89. The van der Waals surface area contributed by atoms with Gasteiger partial charge in [0.1, 0.15) is 0 Å². The fourth-order valence-electron chi connectivity index (χ4n) is 1.23. The van der Waals surface area contributed by atoms with Gasteiger partial charge in [0.05, 0.1) is 5.69 Å². The van der Waals surface area contributed by atoms with Gasteiger partial charge in [-0.1, -0.05) is 11.8 Å². The summed E-state index contributed by atoms with van der Waals surface area (Å²) < 4.78 is 1.11. The van der Waals surface area contributed by atoms with Gasteiger partial charge in [0.15, 0.2) is 4.34 Å². The van der Waals surface area contributed by atoms with Gasteiger partial charge in [0.2, 0.25) is 0 Å². The van der Waals surface area contributed by atoms with Crippen molar-refractivity contribution in [1.29, 1.82) is 0 Å². The zero-order chi connectivity index (χ0) is 9.97. The Kier molecular flexibility index (Phi) is 2.84. The summed E-state index contributed by atoms with van der Waals surface area (Å²) in [6.07, 6.45) is 5.68. The molecule has 0 saturated carbocycles. The third kappa shape index (κ3) is 1.81. The van der Waals surface area contributed by atoms with Crippen molar-refractivity contribution >= 4 is 23.1 Å². The first-order valence-corrected chi connectivity index (χ1v) is 6.27. The highest BCUT2D eigenvalue weighted by molar-refractivity contribution is 8.00. The molecule has 2 heterocycles. The van der Waals surface area contributed by atoms with Crippen molar-refractivity contribution in [3.8, 4) is 11.3 Å². The van der Waals surface area contributed by atoms with Crippen molar-refractivity contribution in [3.63, 3.8) is 0 Å². The van der Waals surface area contributed by atoms with Crippen LogP contribution < -0.4 is 0 Å². The van der Waals surface area contributed by atoms with E-state index in [0.717, 1.165) is 15.6 Å². The minimum absolute atomic E-state index is 1.06. The second-order valence-electron chi connectivity index (χ2n) is 2.83. The summed E-state index contributed by atoms with van der Waals surface area (Å²) in [5, 5.41) is 0. The van der Waals surface area contributed by atoms with E-state index in [1.54, 1.807) is 29.3 Å². The lowest BCUT2D eigenvalue weighted by atomic mass is 10.2. The van der Waals surface area contributed by atoms with Gasteiger partial charge >= 0.3 is 0 Å². The number of pyridine rings is 1. The van der Waals surface area contributed by atoms with E-state index in [9.17, 15) is 0 Å². The Bertz CT molecular complexity index is 423. The lowest BCUT2D eigenvalue weighted by Crippen LogP contribution is -1.81. The van der Waals surface area contributed by atoms with E-state index < -0.39 is 0 Å². The maximum atomic E-state index is 4.54. The highest BCUT2D eigenvalue weighted by atomic mass is 32.2. The average molecular weight is 222 g/mol. The molecule has 0 bridgehead atoms. The van der Waals surface area contributed by atoms with Crippen LogP contribution in [0.3, 0.4) is 0 Å². The van der Waals surface area contributed by atoms with Crippen LogP contribution in [0.4, 0.5) is 0 Å². The third-order valence-electron chi connectivity index (χ3n) is 1.89.